The first kappa shape index (κ1) is 11.7. The molecular weight excluding hydrogens is 212 g/mol. The summed E-state index contributed by atoms with van der Waals surface area (Å²) in [4.78, 5) is 3.16. The second-order valence-electron chi connectivity index (χ2n) is 4.03. The smallest absolute Gasteiger partial charge is 0.136 e. The van der Waals surface area contributed by atoms with Crippen LogP contribution >= 0.6 is 0 Å². The van der Waals surface area contributed by atoms with Crippen LogP contribution in [0.1, 0.15) is 24.3 Å². The second-order valence-corrected chi connectivity index (χ2v) is 4.03. The maximum Gasteiger partial charge on any atom is 0.136 e. The van der Waals surface area contributed by atoms with Gasteiger partial charge in [0, 0.05) is 6.20 Å². The molecule has 3 nitrogen and oxygen atoms in total. The Balaban J connectivity index is 2.12. The monoisotopic (exact) mass is 230 g/mol. The van der Waals surface area contributed by atoms with Crippen LogP contribution in [0.2, 0.25) is 0 Å². The van der Waals surface area contributed by atoms with Crippen LogP contribution in [0.15, 0.2) is 42.6 Å². The molecule has 0 amide bonds. The zero-order valence-electron chi connectivity index (χ0n) is 10.0. The van der Waals surface area contributed by atoms with Gasteiger partial charge in [-0.2, -0.15) is 0 Å². The molecule has 0 aliphatic heterocycles. The fraction of sp³-hybridized carbons (Fsp3) is 0.286. The third kappa shape index (κ3) is 2.88. The van der Waals surface area contributed by atoms with Crippen LogP contribution in [0, 0.1) is 0 Å². The van der Waals surface area contributed by atoms with E-state index < -0.39 is 0 Å². The van der Waals surface area contributed by atoms with Gasteiger partial charge in [-0.1, -0.05) is 18.2 Å². The first-order valence-electron chi connectivity index (χ1n) is 5.89. The maximum atomic E-state index is 5.96. The van der Waals surface area contributed by atoms with Crippen LogP contribution in [0.5, 0.6) is 5.75 Å². The molecule has 0 radical (unpaired) electrons. The molecule has 1 aromatic heterocycles. The van der Waals surface area contributed by atoms with Crippen LogP contribution in [0.3, 0.4) is 0 Å². The van der Waals surface area contributed by atoms with E-state index in [0.717, 1.165) is 23.4 Å². The number of hydrogen-bond donors (Lipinski definition) is 2. The van der Waals surface area contributed by atoms with Crippen molar-refractivity contribution in [3.63, 3.8) is 0 Å². The number of benzene rings is 1. The molecule has 1 heterocycles. The molecule has 3 N–H and O–H groups in total. The SMILES string of the molecule is CC(Oc1ccccc1CCN)c1ccc[nH]1. The lowest BCUT2D eigenvalue weighted by molar-refractivity contribution is 0.220. The molecule has 17 heavy (non-hydrogen) atoms. The lowest BCUT2D eigenvalue weighted by atomic mass is 10.1. The Morgan fingerprint density at radius 3 is 2.76 bits per heavy atom. The highest BCUT2D eigenvalue weighted by Crippen LogP contribution is 2.24. The minimum Gasteiger partial charge on any atom is -0.484 e. The van der Waals surface area contributed by atoms with Gasteiger partial charge in [-0.3, -0.25) is 0 Å². The molecule has 0 spiro atoms. The number of hydrogen-bond acceptors (Lipinski definition) is 2. The average molecular weight is 230 g/mol. The first-order valence-corrected chi connectivity index (χ1v) is 5.89. The predicted molar refractivity (Wildman–Crippen MR) is 69.0 cm³/mol. The quantitative estimate of drug-likeness (QED) is 0.829. The molecule has 1 aromatic carbocycles. The summed E-state index contributed by atoms with van der Waals surface area (Å²) in [5, 5.41) is 0. The summed E-state index contributed by atoms with van der Waals surface area (Å²) in [6.45, 7) is 2.67. The van der Waals surface area contributed by atoms with Gasteiger partial charge >= 0.3 is 0 Å². The van der Waals surface area contributed by atoms with Gasteiger partial charge in [-0.25, -0.2) is 0 Å². The standard InChI is InChI=1S/C14H18N2O/c1-11(13-6-4-10-16-13)17-14-7-3-2-5-12(14)8-9-15/h2-7,10-11,16H,8-9,15H2,1H3. The van der Waals surface area contributed by atoms with E-state index in [1.165, 1.54) is 0 Å². The van der Waals surface area contributed by atoms with Crippen LogP contribution in [-0.2, 0) is 6.42 Å². The highest BCUT2D eigenvalue weighted by atomic mass is 16.5. The van der Waals surface area contributed by atoms with Gasteiger partial charge in [0.25, 0.3) is 0 Å². The highest BCUT2D eigenvalue weighted by Gasteiger charge is 2.10. The first-order chi connectivity index (χ1) is 8.31. The number of H-pyrrole nitrogens is 1. The molecule has 0 bridgehead atoms. The summed E-state index contributed by atoms with van der Waals surface area (Å²) in [6, 6.07) is 12.0. The highest BCUT2D eigenvalue weighted by molar-refractivity contribution is 5.34. The molecule has 0 saturated heterocycles. The normalized spacial score (nSPS) is 12.4. The Morgan fingerprint density at radius 2 is 2.06 bits per heavy atom. The van der Waals surface area contributed by atoms with E-state index in [1.807, 2.05) is 43.5 Å². The Kier molecular flexibility index (Phi) is 3.83. The molecule has 2 rings (SSSR count). The average Bonchev–Trinajstić information content (AvgIpc) is 2.85. The number of nitrogens with one attached hydrogen (secondary N) is 1. The Bertz CT molecular complexity index is 451. The van der Waals surface area contributed by atoms with Crippen molar-refractivity contribution in [2.45, 2.75) is 19.4 Å². The summed E-state index contributed by atoms with van der Waals surface area (Å²) < 4.78 is 5.96. The Morgan fingerprint density at radius 1 is 1.24 bits per heavy atom. The van der Waals surface area contributed by atoms with Crippen LogP contribution in [0.25, 0.3) is 0 Å². The zero-order chi connectivity index (χ0) is 12.1. The Labute approximate surface area is 102 Å². The molecule has 2 aromatic rings. The summed E-state index contributed by atoms with van der Waals surface area (Å²) in [5.74, 6) is 0.917. The van der Waals surface area contributed by atoms with Crippen LogP contribution in [-0.4, -0.2) is 11.5 Å². The van der Waals surface area contributed by atoms with E-state index in [9.17, 15) is 0 Å². The lowest BCUT2D eigenvalue weighted by Gasteiger charge is -2.16. The number of aromatic nitrogens is 1. The second kappa shape index (κ2) is 5.55. The molecule has 1 unspecified atom stereocenters. The third-order valence-corrected chi connectivity index (χ3v) is 2.75. The number of para-hydroxylation sites is 1. The Hall–Kier alpha value is -1.74. The van der Waals surface area contributed by atoms with E-state index in [1.54, 1.807) is 0 Å². The molecule has 0 fully saturated rings. The number of aromatic amines is 1. The van der Waals surface area contributed by atoms with E-state index in [2.05, 4.69) is 11.1 Å². The van der Waals surface area contributed by atoms with Gasteiger partial charge in [-0.15, -0.1) is 0 Å². The van der Waals surface area contributed by atoms with Crippen LogP contribution in [0.4, 0.5) is 0 Å². The topological polar surface area (TPSA) is 51.0 Å². The fourth-order valence-electron chi connectivity index (χ4n) is 1.83. The van der Waals surface area contributed by atoms with Crippen molar-refractivity contribution in [2.24, 2.45) is 5.73 Å². The molecule has 3 heteroatoms. The summed E-state index contributed by atoms with van der Waals surface area (Å²) in [6.07, 6.45) is 2.76. The molecule has 90 valence electrons. The van der Waals surface area contributed by atoms with E-state index in [-0.39, 0.29) is 6.10 Å². The van der Waals surface area contributed by atoms with Crippen LogP contribution < -0.4 is 10.5 Å². The number of ether oxygens (including phenoxy) is 1. The summed E-state index contributed by atoms with van der Waals surface area (Å²) >= 11 is 0. The van der Waals surface area contributed by atoms with Crippen molar-refractivity contribution in [2.75, 3.05) is 6.54 Å². The van der Waals surface area contributed by atoms with E-state index in [4.69, 9.17) is 10.5 Å². The minimum atomic E-state index is 0.0175. The molecular formula is C14H18N2O. The summed E-state index contributed by atoms with van der Waals surface area (Å²) in [7, 11) is 0. The van der Waals surface area contributed by atoms with Gasteiger partial charge in [0.1, 0.15) is 11.9 Å². The summed E-state index contributed by atoms with van der Waals surface area (Å²) in [5.41, 5.74) is 7.83. The lowest BCUT2D eigenvalue weighted by Crippen LogP contribution is -2.08. The van der Waals surface area contributed by atoms with Crippen molar-refractivity contribution in [1.29, 1.82) is 0 Å². The minimum absolute atomic E-state index is 0.0175. The fourth-order valence-corrected chi connectivity index (χ4v) is 1.83. The molecule has 1 atom stereocenters. The van der Waals surface area contributed by atoms with E-state index >= 15 is 0 Å². The van der Waals surface area contributed by atoms with Gasteiger partial charge in [0.2, 0.25) is 0 Å². The van der Waals surface area contributed by atoms with Gasteiger partial charge in [0.05, 0.1) is 5.69 Å². The van der Waals surface area contributed by atoms with Crippen molar-refractivity contribution in [1.82, 2.24) is 4.98 Å². The predicted octanol–water partition coefficient (Wildman–Crippen LogP) is 2.66. The van der Waals surface area contributed by atoms with Gasteiger partial charge < -0.3 is 15.5 Å². The third-order valence-electron chi connectivity index (χ3n) is 2.75. The molecule has 0 saturated carbocycles. The molecule has 0 aliphatic carbocycles. The number of nitrogens with two attached hydrogens (primary N) is 1. The molecule has 0 aliphatic rings. The van der Waals surface area contributed by atoms with E-state index in [0.29, 0.717) is 6.54 Å². The van der Waals surface area contributed by atoms with Crippen molar-refractivity contribution >= 4 is 0 Å². The van der Waals surface area contributed by atoms with Gasteiger partial charge in [0.15, 0.2) is 0 Å². The zero-order valence-corrected chi connectivity index (χ0v) is 10.0. The van der Waals surface area contributed by atoms with Crippen molar-refractivity contribution in [3.05, 3.63) is 53.9 Å². The van der Waals surface area contributed by atoms with Crippen molar-refractivity contribution in [3.8, 4) is 5.75 Å². The largest absolute Gasteiger partial charge is 0.484 e. The number of rotatable bonds is 5. The maximum absolute atomic E-state index is 5.96. The van der Waals surface area contributed by atoms with Crippen molar-refractivity contribution < 1.29 is 4.74 Å². The van der Waals surface area contributed by atoms with Gasteiger partial charge in [-0.05, 0) is 43.7 Å².